The molecule has 2 heterocycles. The molecular weight excluding hydrogens is 478 g/mol. The molecular formula is C24H35N9O4. The van der Waals surface area contributed by atoms with E-state index in [1.165, 1.54) is 0 Å². The zero-order valence-corrected chi connectivity index (χ0v) is 20.6. The number of amides is 4. The number of hydrogen-bond donors (Lipinski definition) is 8. The van der Waals surface area contributed by atoms with E-state index in [4.69, 9.17) is 17.2 Å². The van der Waals surface area contributed by atoms with Crippen LogP contribution >= 0.6 is 0 Å². The number of aromatic amines is 1. The highest BCUT2D eigenvalue weighted by Gasteiger charge is 2.28. The molecule has 0 saturated carbocycles. The van der Waals surface area contributed by atoms with Gasteiger partial charge in [-0.15, -0.1) is 0 Å². The van der Waals surface area contributed by atoms with Crippen molar-refractivity contribution in [3.8, 4) is 0 Å². The van der Waals surface area contributed by atoms with Crippen LogP contribution in [0.25, 0.3) is 10.9 Å². The molecule has 3 rings (SSSR count). The molecule has 1 saturated heterocycles. The number of fused-ring (bicyclic) bond motifs is 1. The number of carbonyl (C=O) groups excluding carboxylic acids is 4. The quantitative estimate of drug-likeness (QED) is 0.0861. The van der Waals surface area contributed by atoms with E-state index < -0.39 is 36.3 Å². The molecule has 13 nitrogen and oxygen atoms in total. The average Bonchev–Trinajstić information content (AvgIpc) is 3.54. The third kappa shape index (κ3) is 8.20. The molecule has 4 amide bonds. The highest BCUT2D eigenvalue weighted by Crippen LogP contribution is 2.19. The third-order valence-electron chi connectivity index (χ3n) is 6.16. The number of primary amides is 1. The minimum atomic E-state index is -0.966. The van der Waals surface area contributed by atoms with Crippen molar-refractivity contribution in [1.29, 1.82) is 0 Å². The molecule has 0 unspecified atom stereocenters. The van der Waals surface area contributed by atoms with E-state index >= 15 is 0 Å². The van der Waals surface area contributed by atoms with Gasteiger partial charge in [-0.25, -0.2) is 0 Å². The first-order valence-electron chi connectivity index (χ1n) is 12.2. The summed E-state index contributed by atoms with van der Waals surface area (Å²) in [5, 5.41) is 11.9. The standard InChI is InChI=1S/C24H35N9O4/c25-21(35)19(11-14-12-30-16-6-2-1-5-15(14)16)32-20(34)13-31-22(36)18(8-4-10-29-24(26)27)33-23(37)17-7-3-9-28-17/h1-2,5-6,12,17-19,28,30H,3-4,7-11,13H2,(H2,25,35)(H,31,36)(H,32,34)(H,33,37)(H4,26,27,29)/t17-,18+,19-/m0/s1. The monoisotopic (exact) mass is 513 g/mol. The number of nitrogens with two attached hydrogens (primary N) is 3. The van der Waals surface area contributed by atoms with Crippen molar-refractivity contribution in [3.05, 3.63) is 36.0 Å². The Hall–Kier alpha value is -4.13. The predicted octanol–water partition coefficient (Wildman–Crippen LogP) is -1.91. The number of rotatable bonds is 13. The van der Waals surface area contributed by atoms with E-state index in [1.54, 1.807) is 6.20 Å². The largest absolute Gasteiger partial charge is 0.370 e. The van der Waals surface area contributed by atoms with E-state index in [-0.39, 0.29) is 37.3 Å². The maximum absolute atomic E-state index is 12.8. The van der Waals surface area contributed by atoms with Crippen LogP contribution in [0.5, 0.6) is 0 Å². The lowest BCUT2D eigenvalue weighted by Gasteiger charge is -2.21. The van der Waals surface area contributed by atoms with Gasteiger partial charge in [0.25, 0.3) is 0 Å². The lowest BCUT2D eigenvalue weighted by molar-refractivity contribution is -0.131. The Morgan fingerprint density at radius 2 is 1.86 bits per heavy atom. The molecule has 1 aromatic carbocycles. The van der Waals surface area contributed by atoms with Crippen molar-refractivity contribution >= 4 is 40.5 Å². The number of para-hydroxylation sites is 1. The minimum Gasteiger partial charge on any atom is -0.370 e. The molecule has 0 aliphatic carbocycles. The molecule has 1 aliphatic heterocycles. The second-order valence-corrected chi connectivity index (χ2v) is 8.96. The Balaban J connectivity index is 1.55. The summed E-state index contributed by atoms with van der Waals surface area (Å²) in [5.41, 5.74) is 17.9. The van der Waals surface area contributed by atoms with Crippen LogP contribution in [-0.4, -0.2) is 72.3 Å². The van der Waals surface area contributed by atoms with Crippen LogP contribution in [0.3, 0.4) is 0 Å². The Bertz CT molecular complexity index is 1140. The SMILES string of the molecule is NC(=O)[C@H](Cc1c[nH]c2ccccc12)NC(=O)CNC(=O)[C@@H](CCCN=C(N)N)NC(=O)[C@@H]1CCCN1. The van der Waals surface area contributed by atoms with E-state index in [0.29, 0.717) is 12.8 Å². The van der Waals surface area contributed by atoms with E-state index in [0.717, 1.165) is 29.4 Å². The van der Waals surface area contributed by atoms with Gasteiger partial charge >= 0.3 is 0 Å². The van der Waals surface area contributed by atoms with Crippen molar-refractivity contribution in [3.63, 3.8) is 0 Å². The van der Waals surface area contributed by atoms with E-state index in [1.807, 2.05) is 24.3 Å². The van der Waals surface area contributed by atoms with E-state index in [9.17, 15) is 19.2 Å². The van der Waals surface area contributed by atoms with Gasteiger partial charge in [-0.05, 0) is 43.9 Å². The highest BCUT2D eigenvalue weighted by atomic mass is 16.2. The molecule has 11 N–H and O–H groups in total. The molecule has 37 heavy (non-hydrogen) atoms. The fourth-order valence-corrected chi connectivity index (χ4v) is 4.23. The summed E-state index contributed by atoms with van der Waals surface area (Å²) < 4.78 is 0. The molecule has 0 radical (unpaired) electrons. The number of nitrogens with zero attached hydrogens (tertiary/aromatic N) is 1. The molecule has 0 spiro atoms. The first-order chi connectivity index (χ1) is 17.7. The number of nitrogens with one attached hydrogen (secondary N) is 5. The Morgan fingerprint density at radius 1 is 1.08 bits per heavy atom. The number of aliphatic imine (C=N–C) groups is 1. The van der Waals surface area contributed by atoms with Crippen molar-refractivity contribution in [2.75, 3.05) is 19.6 Å². The van der Waals surface area contributed by atoms with Crippen LogP contribution in [0.2, 0.25) is 0 Å². The van der Waals surface area contributed by atoms with Crippen molar-refractivity contribution < 1.29 is 19.2 Å². The second kappa shape index (κ2) is 13.3. The van der Waals surface area contributed by atoms with Crippen molar-refractivity contribution in [2.24, 2.45) is 22.2 Å². The number of H-pyrrole nitrogens is 1. The summed E-state index contributed by atoms with van der Waals surface area (Å²) in [5.74, 6) is -2.15. The fraction of sp³-hybridized carbons (Fsp3) is 0.458. The molecule has 13 heteroatoms. The second-order valence-electron chi connectivity index (χ2n) is 8.96. The Kier molecular flexibility index (Phi) is 9.84. The minimum absolute atomic E-state index is 0.0616. The normalized spacial score (nSPS) is 16.5. The lowest BCUT2D eigenvalue weighted by atomic mass is 10.0. The first kappa shape index (κ1) is 27.5. The topological polar surface area (TPSA) is 223 Å². The molecule has 1 aliphatic rings. The highest BCUT2D eigenvalue weighted by molar-refractivity contribution is 5.93. The van der Waals surface area contributed by atoms with Crippen LogP contribution in [0.1, 0.15) is 31.2 Å². The molecule has 2 aromatic rings. The Morgan fingerprint density at radius 3 is 2.57 bits per heavy atom. The van der Waals surface area contributed by atoms with Gasteiger partial charge in [0.15, 0.2) is 5.96 Å². The van der Waals surface area contributed by atoms with Crippen LogP contribution in [-0.2, 0) is 25.6 Å². The summed E-state index contributed by atoms with van der Waals surface area (Å²) in [6.07, 6.45) is 4.23. The summed E-state index contributed by atoms with van der Waals surface area (Å²) in [6.45, 7) is 0.635. The smallest absolute Gasteiger partial charge is 0.243 e. The lowest BCUT2D eigenvalue weighted by Crippen LogP contribution is -2.54. The van der Waals surface area contributed by atoms with Gasteiger partial charge in [-0.1, -0.05) is 18.2 Å². The fourth-order valence-electron chi connectivity index (χ4n) is 4.23. The molecule has 1 aromatic heterocycles. The number of hydrogen-bond acceptors (Lipinski definition) is 6. The van der Waals surface area contributed by atoms with Crippen molar-refractivity contribution in [2.45, 2.75) is 50.2 Å². The van der Waals surface area contributed by atoms with Gasteiger partial charge in [0.05, 0.1) is 12.6 Å². The van der Waals surface area contributed by atoms with Gasteiger partial charge in [-0.3, -0.25) is 24.2 Å². The van der Waals surface area contributed by atoms with Crippen LogP contribution < -0.4 is 38.5 Å². The Labute approximate surface area is 214 Å². The van der Waals surface area contributed by atoms with Gasteiger partial charge in [-0.2, -0.15) is 0 Å². The van der Waals surface area contributed by atoms with Crippen LogP contribution in [0, 0.1) is 0 Å². The summed E-state index contributed by atoms with van der Waals surface area (Å²) >= 11 is 0. The summed E-state index contributed by atoms with van der Waals surface area (Å²) in [4.78, 5) is 57.0. The number of benzene rings is 1. The molecule has 3 atom stereocenters. The van der Waals surface area contributed by atoms with Crippen LogP contribution in [0.4, 0.5) is 0 Å². The third-order valence-corrected chi connectivity index (χ3v) is 6.16. The zero-order chi connectivity index (χ0) is 26.8. The maximum atomic E-state index is 12.8. The number of aromatic nitrogens is 1. The van der Waals surface area contributed by atoms with Gasteiger partial charge < -0.3 is 43.5 Å². The average molecular weight is 514 g/mol. The zero-order valence-electron chi connectivity index (χ0n) is 20.6. The van der Waals surface area contributed by atoms with Gasteiger partial charge in [0, 0.05) is 30.1 Å². The number of guanidine groups is 1. The first-order valence-corrected chi connectivity index (χ1v) is 12.2. The number of carbonyl (C=O) groups is 4. The van der Waals surface area contributed by atoms with Crippen LogP contribution in [0.15, 0.2) is 35.5 Å². The summed E-state index contributed by atoms with van der Waals surface area (Å²) in [7, 11) is 0. The maximum Gasteiger partial charge on any atom is 0.243 e. The van der Waals surface area contributed by atoms with E-state index in [2.05, 4.69) is 31.2 Å². The molecule has 1 fully saturated rings. The van der Waals surface area contributed by atoms with Gasteiger partial charge in [0.1, 0.15) is 12.1 Å². The molecule has 0 bridgehead atoms. The predicted molar refractivity (Wildman–Crippen MR) is 139 cm³/mol. The van der Waals surface area contributed by atoms with Crippen molar-refractivity contribution in [1.82, 2.24) is 26.3 Å². The van der Waals surface area contributed by atoms with Gasteiger partial charge in [0.2, 0.25) is 23.6 Å². The molecule has 200 valence electrons. The summed E-state index contributed by atoms with van der Waals surface area (Å²) in [6, 6.07) is 5.37.